The summed E-state index contributed by atoms with van der Waals surface area (Å²) in [5, 5.41) is 3.84. The fourth-order valence-electron chi connectivity index (χ4n) is 1.52. The average Bonchev–Trinajstić information content (AvgIpc) is 2.71. The van der Waals surface area contributed by atoms with E-state index in [1.807, 2.05) is 0 Å². The van der Waals surface area contributed by atoms with Gasteiger partial charge >= 0.3 is 5.97 Å². The molecule has 2 aromatic rings. The Hall–Kier alpha value is -2.24. The highest BCUT2D eigenvalue weighted by Gasteiger charge is 2.24. The van der Waals surface area contributed by atoms with E-state index in [0.717, 1.165) is 0 Å². The second-order valence-electron chi connectivity index (χ2n) is 3.44. The fraction of sp³-hybridized carbons (Fsp3) is 0.273. The molecule has 6 heteroatoms. The van der Waals surface area contributed by atoms with E-state index in [4.69, 9.17) is 9.26 Å². The van der Waals surface area contributed by atoms with Crippen LogP contribution < -0.4 is 0 Å². The highest BCUT2D eigenvalue weighted by atomic mass is 16.5. The highest BCUT2D eigenvalue weighted by Crippen LogP contribution is 2.25. The quantitative estimate of drug-likeness (QED) is 0.732. The first kappa shape index (κ1) is 11.3. The minimum atomic E-state index is -0.496. The molecule has 6 nitrogen and oxygen atoms in total. The van der Waals surface area contributed by atoms with Crippen molar-refractivity contribution in [3.05, 3.63) is 29.4 Å². The molecule has 2 aromatic heterocycles. The maximum Gasteiger partial charge on any atom is 0.343 e. The van der Waals surface area contributed by atoms with E-state index >= 15 is 0 Å². The molecular weight excluding hydrogens is 222 g/mol. The number of rotatable bonds is 2. The van der Waals surface area contributed by atoms with Gasteiger partial charge in [0.2, 0.25) is 0 Å². The molecule has 0 saturated carbocycles. The Kier molecular flexibility index (Phi) is 2.86. The van der Waals surface area contributed by atoms with Crippen LogP contribution in [0, 0.1) is 13.8 Å². The van der Waals surface area contributed by atoms with E-state index in [1.165, 1.54) is 13.3 Å². The molecule has 0 aliphatic carbocycles. The van der Waals surface area contributed by atoms with E-state index < -0.39 is 5.97 Å². The van der Waals surface area contributed by atoms with Crippen LogP contribution in [0.1, 0.15) is 21.8 Å². The lowest BCUT2D eigenvalue weighted by Crippen LogP contribution is -2.05. The first-order valence-electron chi connectivity index (χ1n) is 4.97. The van der Waals surface area contributed by atoms with Gasteiger partial charge in [-0.15, -0.1) is 0 Å². The number of aromatic nitrogens is 3. The van der Waals surface area contributed by atoms with Gasteiger partial charge in [0.1, 0.15) is 22.7 Å². The largest absolute Gasteiger partial charge is 0.465 e. The maximum absolute atomic E-state index is 11.6. The number of aryl methyl sites for hydroxylation is 2. The molecule has 0 aliphatic heterocycles. The van der Waals surface area contributed by atoms with Crippen LogP contribution in [0.4, 0.5) is 0 Å². The van der Waals surface area contributed by atoms with Crippen molar-refractivity contribution in [1.29, 1.82) is 0 Å². The third kappa shape index (κ3) is 1.89. The molecule has 2 heterocycles. The first-order valence-corrected chi connectivity index (χ1v) is 4.97. The Labute approximate surface area is 97.6 Å². The predicted octanol–water partition coefficient (Wildman–Crippen LogP) is 1.54. The number of carbonyl (C=O) groups is 1. The maximum atomic E-state index is 11.6. The van der Waals surface area contributed by atoms with Crippen LogP contribution in [0.15, 0.2) is 16.9 Å². The van der Waals surface area contributed by atoms with Crippen molar-refractivity contribution in [2.45, 2.75) is 13.8 Å². The Morgan fingerprint density at radius 2 is 1.94 bits per heavy atom. The summed E-state index contributed by atoms with van der Waals surface area (Å²) >= 11 is 0. The first-order chi connectivity index (χ1) is 8.15. The van der Waals surface area contributed by atoms with Gasteiger partial charge in [0.15, 0.2) is 0 Å². The van der Waals surface area contributed by atoms with Crippen LogP contribution in [0.5, 0.6) is 0 Å². The Bertz CT molecular complexity index is 563. The van der Waals surface area contributed by atoms with Crippen LogP contribution in [-0.2, 0) is 4.74 Å². The molecule has 0 bridgehead atoms. The van der Waals surface area contributed by atoms with Gasteiger partial charge in [-0.05, 0) is 13.8 Å². The predicted molar refractivity (Wildman–Crippen MR) is 58.3 cm³/mol. The molecule has 0 N–H and O–H groups in total. The molecule has 17 heavy (non-hydrogen) atoms. The molecular formula is C11H11N3O3. The molecule has 88 valence electrons. The van der Waals surface area contributed by atoms with E-state index in [0.29, 0.717) is 22.8 Å². The zero-order chi connectivity index (χ0) is 12.4. The second-order valence-corrected chi connectivity index (χ2v) is 3.44. The monoisotopic (exact) mass is 233 g/mol. The summed E-state index contributed by atoms with van der Waals surface area (Å²) in [6, 6.07) is 0. The number of ether oxygens (including phenoxy) is 1. The fourth-order valence-corrected chi connectivity index (χ4v) is 1.52. The van der Waals surface area contributed by atoms with Crippen molar-refractivity contribution in [2.75, 3.05) is 7.11 Å². The van der Waals surface area contributed by atoms with Gasteiger partial charge in [-0.3, -0.25) is 9.97 Å². The van der Waals surface area contributed by atoms with Crippen LogP contribution in [-0.4, -0.2) is 28.2 Å². The van der Waals surface area contributed by atoms with Gasteiger partial charge in [-0.1, -0.05) is 5.16 Å². The number of methoxy groups -OCH3 is 1. The van der Waals surface area contributed by atoms with E-state index in [2.05, 4.69) is 15.1 Å². The summed E-state index contributed by atoms with van der Waals surface area (Å²) in [7, 11) is 1.31. The number of hydrogen-bond acceptors (Lipinski definition) is 6. The number of esters is 1. The van der Waals surface area contributed by atoms with Crippen molar-refractivity contribution < 1.29 is 14.1 Å². The molecule has 0 amide bonds. The van der Waals surface area contributed by atoms with Gasteiger partial charge in [0.25, 0.3) is 0 Å². The lowest BCUT2D eigenvalue weighted by molar-refractivity contribution is 0.0599. The lowest BCUT2D eigenvalue weighted by Gasteiger charge is -2.01. The average molecular weight is 233 g/mol. The van der Waals surface area contributed by atoms with E-state index in [9.17, 15) is 4.79 Å². The summed E-state index contributed by atoms with van der Waals surface area (Å²) in [4.78, 5) is 19.9. The van der Waals surface area contributed by atoms with Gasteiger partial charge in [-0.2, -0.15) is 0 Å². The van der Waals surface area contributed by atoms with Crippen molar-refractivity contribution in [3.8, 4) is 11.4 Å². The minimum absolute atomic E-state index is 0.288. The number of hydrogen-bond donors (Lipinski definition) is 0. The molecule has 0 aromatic carbocycles. The van der Waals surface area contributed by atoms with Crippen LogP contribution in [0.2, 0.25) is 0 Å². The van der Waals surface area contributed by atoms with E-state index in [1.54, 1.807) is 20.0 Å². The van der Waals surface area contributed by atoms with Gasteiger partial charge in [0.05, 0.1) is 12.8 Å². The van der Waals surface area contributed by atoms with Crippen molar-refractivity contribution in [1.82, 2.24) is 15.1 Å². The Morgan fingerprint density at radius 1 is 1.24 bits per heavy atom. The van der Waals surface area contributed by atoms with Gasteiger partial charge < -0.3 is 9.26 Å². The second kappa shape index (κ2) is 4.32. The van der Waals surface area contributed by atoms with Gasteiger partial charge in [-0.25, -0.2) is 4.79 Å². The lowest BCUT2D eigenvalue weighted by atomic mass is 10.1. The summed E-state index contributed by atoms with van der Waals surface area (Å²) in [6.07, 6.45) is 3.11. The third-order valence-electron chi connectivity index (χ3n) is 2.36. The molecule has 0 spiro atoms. The summed E-state index contributed by atoms with van der Waals surface area (Å²) < 4.78 is 9.70. The molecule has 0 fully saturated rings. The summed E-state index contributed by atoms with van der Waals surface area (Å²) in [5.41, 5.74) is 1.84. The highest BCUT2D eigenvalue weighted by molar-refractivity contribution is 5.96. The normalized spacial score (nSPS) is 10.3. The smallest absolute Gasteiger partial charge is 0.343 e. The molecule has 0 aliphatic rings. The number of nitrogens with zero attached hydrogens (tertiary/aromatic N) is 3. The summed E-state index contributed by atoms with van der Waals surface area (Å²) in [5.74, 6) is -0.0966. The Balaban J connectivity index is 2.61. The molecule has 0 saturated heterocycles. The molecule has 0 radical (unpaired) electrons. The molecule has 0 atom stereocenters. The van der Waals surface area contributed by atoms with Crippen molar-refractivity contribution >= 4 is 5.97 Å². The summed E-state index contributed by atoms with van der Waals surface area (Å²) in [6.45, 7) is 3.43. The zero-order valence-corrected chi connectivity index (χ0v) is 9.72. The van der Waals surface area contributed by atoms with E-state index in [-0.39, 0.29) is 5.56 Å². The standard InChI is InChI=1S/C11H11N3O3/c1-6-9(13-5-4-12-6)10-8(11(15)16-3)7(2)17-14-10/h4-5H,1-3H3. The molecule has 2 rings (SSSR count). The van der Waals surface area contributed by atoms with Crippen molar-refractivity contribution in [3.63, 3.8) is 0 Å². The van der Waals surface area contributed by atoms with Crippen LogP contribution >= 0.6 is 0 Å². The third-order valence-corrected chi connectivity index (χ3v) is 2.36. The molecule has 0 unspecified atom stereocenters. The Morgan fingerprint density at radius 3 is 2.59 bits per heavy atom. The number of carbonyl (C=O) groups excluding carboxylic acids is 1. The van der Waals surface area contributed by atoms with Crippen LogP contribution in [0.25, 0.3) is 11.4 Å². The SMILES string of the molecule is COC(=O)c1c(-c2nccnc2C)noc1C. The van der Waals surface area contributed by atoms with Gasteiger partial charge in [0, 0.05) is 12.4 Å². The zero-order valence-electron chi connectivity index (χ0n) is 9.72. The topological polar surface area (TPSA) is 78.1 Å². The minimum Gasteiger partial charge on any atom is -0.465 e. The van der Waals surface area contributed by atoms with Crippen molar-refractivity contribution in [2.24, 2.45) is 0 Å². The van der Waals surface area contributed by atoms with Crippen LogP contribution in [0.3, 0.4) is 0 Å².